The molecule has 0 aromatic carbocycles. The van der Waals surface area contributed by atoms with Crippen LogP contribution in [0.25, 0.3) is 0 Å². The number of nitrogens with zero attached hydrogens (tertiary/aromatic N) is 5. The molecule has 2 aliphatic carbocycles. The van der Waals surface area contributed by atoms with Crippen LogP contribution in [0.4, 0.5) is 5.95 Å². The van der Waals surface area contributed by atoms with Gasteiger partial charge in [0.1, 0.15) is 24.6 Å². The lowest BCUT2D eigenvalue weighted by Gasteiger charge is -2.23. The summed E-state index contributed by atoms with van der Waals surface area (Å²) in [6, 6.07) is 4.21. The van der Waals surface area contributed by atoms with Crippen molar-refractivity contribution in [3.8, 4) is 0 Å². The molecule has 8 heteroatoms. The monoisotopic (exact) mass is 450 g/mol. The van der Waals surface area contributed by atoms with E-state index in [9.17, 15) is 0 Å². The van der Waals surface area contributed by atoms with E-state index in [2.05, 4.69) is 56.6 Å². The van der Waals surface area contributed by atoms with E-state index in [0.717, 1.165) is 79.1 Å². The van der Waals surface area contributed by atoms with E-state index < -0.39 is 0 Å². The molecule has 0 saturated heterocycles. The second-order valence-corrected chi connectivity index (χ2v) is 9.55. The van der Waals surface area contributed by atoms with Crippen LogP contribution in [0, 0.1) is 12.3 Å². The lowest BCUT2D eigenvalue weighted by Crippen LogP contribution is -2.25. The molecule has 4 rings (SSSR count). The number of aromatic nitrogens is 3. The van der Waals surface area contributed by atoms with E-state index >= 15 is 0 Å². The van der Waals surface area contributed by atoms with Crippen molar-refractivity contribution in [1.29, 1.82) is 0 Å². The van der Waals surface area contributed by atoms with Crippen LogP contribution < -0.4 is 5.32 Å². The SMILES string of the molecule is CCNc1ncc2c(n1)C(=NOCC(C)(C)CON=C1CCCc3ccc(C)nc31)CCC2. The molecule has 0 amide bonds. The minimum Gasteiger partial charge on any atom is -0.395 e. The van der Waals surface area contributed by atoms with Crippen molar-refractivity contribution >= 4 is 17.4 Å². The molecule has 0 aliphatic heterocycles. The molecule has 0 spiro atoms. The molecule has 0 unspecified atom stereocenters. The fourth-order valence-electron chi connectivity index (χ4n) is 4.04. The lowest BCUT2D eigenvalue weighted by atomic mass is 9.94. The highest BCUT2D eigenvalue weighted by Gasteiger charge is 2.24. The number of pyridine rings is 1. The standard InChI is InChI=1S/C25H34N6O2/c1-5-26-24-27-14-19-9-7-11-21(23(19)29-24)31-33-16-25(3,4)15-32-30-20-10-6-8-18-13-12-17(2)28-22(18)20/h12-14H,5-11,15-16H2,1-4H3,(H,26,27,29). The first-order valence-corrected chi connectivity index (χ1v) is 11.9. The van der Waals surface area contributed by atoms with Gasteiger partial charge in [-0.3, -0.25) is 4.98 Å². The predicted molar refractivity (Wildman–Crippen MR) is 130 cm³/mol. The first-order chi connectivity index (χ1) is 15.9. The maximum absolute atomic E-state index is 5.78. The Balaban J connectivity index is 1.35. The second kappa shape index (κ2) is 10.3. The smallest absolute Gasteiger partial charge is 0.223 e. The zero-order valence-electron chi connectivity index (χ0n) is 20.1. The van der Waals surface area contributed by atoms with Crippen molar-refractivity contribution in [2.75, 3.05) is 25.1 Å². The summed E-state index contributed by atoms with van der Waals surface area (Å²) in [4.78, 5) is 25.2. The Hall–Kier alpha value is -3.03. The van der Waals surface area contributed by atoms with Crippen molar-refractivity contribution in [3.05, 3.63) is 46.5 Å². The van der Waals surface area contributed by atoms with Gasteiger partial charge >= 0.3 is 0 Å². The largest absolute Gasteiger partial charge is 0.395 e. The Morgan fingerprint density at radius 3 is 2.21 bits per heavy atom. The summed E-state index contributed by atoms with van der Waals surface area (Å²) < 4.78 is 0. The number of rotatable bonds is 8. The average molecular weight is 451 g/mol. The molecular formula is C25H34N6O2. The van der Waals surface area contributed by atoms with Gasteiger partial charge in [-0.1, -0.05) is 30.2 Å². The lowest BCUT2D eigenvalue weighted by molar-refractivity contribution is -0.000311. The van der Waals surface area contributed by atoms with Gasteiger partial charge in [0.25, 0.3) is 0 Å². The Morgan fingerprint density at radius 1 is 0.909 bits per heavy atom. The van der Waals surface area contributed by atoms with E-state index in [1.54, 1.807) is 0 Å². The molecule has 0 fully saturated rings. The summed E-state index contributed by atoms with van der Waals surface area (Å²) >= 11 is 0. The normalized spacial score (nSPS) is 18.1. The van der Waals surface area contributed by atoms with Crippen LogP contribution in [0.5, 0.6) is 0 Å². The molecule has 8 nitrogen and oxygen atoms in total. The maximum atomic E-state index is 5.78. The molecule has 0 atom stereocenters. The molecule has 1 N–H and O–H groups in total. The number of oxime groups is 2. The van der Waals surface area contributed by atoms with E-state index in [1.165, 1.54) is 5.56 Å². The fourth-order valence-corrected chi connectivity index (χ4v) is 4.04. The summed E-state index contributed by atoms with van der Waals surface area (Å²) in [7, 11) is 0. The minimum atomic E-state index is -0.246. The van der Waals surface area contributed by atoms with E-state index in [1.807, 2.05) is 20.0 Å². The predicted octanol–water partition coefficient (Wildman–Crippen LogP) is 4.45. The number of aryl methyl sites for hydroxylation is 3. The average Bonchev–Trinajstić information content (AvgIpc) is 2.79. The number of anilines is 1. The number of nitrogens with one attached hydrogen (secondary N) is 1. The van der Waals surface area contributed by atoms with Crippen LogP contribution in [-0.4, -0.2) is 46.1 Å². The van der Waals surface area contributed by atoms with Crippen LogP contribution in [0.15, 0.2) is 28.6 Å². The Kier molecular flexibility index (Phi) is 7.20. The van der Waals surface area contributed by atoms with Crippen molar-refractivity contribution in [3.63, 3.8) is 0 Å². The third-order valence-corrected chi connectivity index (χ3v) is 5.84. The molecule has 2 aromatic heterocycles. The quantitative estimate of drug-likeness (QED) is 0.597. The highest BCUT2D eigenvalue weighted by Crippen LogP contribution is 2.23. The minimum absolute atomic E-state index is 0.246. The second-order valence-electron chi connectivity index (χ2n) is 9.55. The van der Waals surface area contributed by atoms with Crippen molar-refractivity contribution < 1.29 is 9.68 Å². The number of hydrogen-bond donors (Lipinski definition) is 1. The molecule has 0 bridgehead atoms. The maximum Gasteiger partial charge on any atom is 0.223 e. The van der Waals surface area contributed by atoms with E-state index in [-0.39, 0.29) is 5.41 Å². The number of hydrogen-bond acceptors (Lipinski definition) is 8. The summed E-state index contributed by atoms with van der Waals surface area (Å²) in [6.45, 7) is 9.85. The highest BCUT2D eigenvalue weighted by molar-refractivity contribution is 6.01. The molecule has 2 aromatic rings. The van der Waals surface area contributed by atoms with Gasteiger partial charge in [0.15, 0.2) is 0 Å². The van der Waals surface area contributed by atoms with Crippen LogP contribution in [0.3, 0.4) is 0 Å². The molecule has 0 saturated carbocycles. The third kappa shape index (κ3) is 5.86. The topological polar surface area (TPSA) is 93.9 Å². The van der Waals surface area contributed by atoms with Gasteiger partial charge in [-0.2, -0.15) is 0 Å². The van der Waals surface area contributed by atoms with Crippen LogP contribution >= 0.6 is 0 Å². The van der Waals surface area contributed by atoms with Gasteiger partial charge < -0.3 is 15.0 Å². The van der Waals surface area contributed by atoms with Crippen molar-refractivity contribution in [1.82, 2.24) is 15.0 Å². The van der Waals surface area contributed by atoms with Gasteiger partial charge in [0.2, 0.25) is 5.95 Å². The summed E-state index contributed by atoms with van der Waals surface area (Å²) in [6.07, 6.45) is 7.76. The van der Waals surface area contributed by atoms with Crippen molar-refractivity contribution in [2.24, 2.45) is 15.7 Å². The summed E-state index contributed by atoms with van der Waals surface area (Å²) in [5.74, 6) is 0.632. The van der Waals surface area contributed by atoms with Gasteiger partial charge in [-0.05, 0) is 69.6 Å². The van der Waals surface area contributed by atoms with Crippen LogP contribution in [-0.2, 0) is 22.5 Å². The molecular weight excluding hydrogens is 416 g/mol. The van der Waals surface area contributed by atoms with Gasteiger partial charge in [0.05, 0.1) is 11.4 Å². The first kappa shape index (κ1) is 23.1. The first-order valence-electron chi connectivity index (χ1n) is 11.9. The third-order valence-electron chi connectivity index (χ3n) is 5.84. The summed E-state index contributed by atoms with van der Waals surface area (Å²) in [5.41, 5.74) is 6.83. The highest BCUT2D eigenvalue weighted by atomic mass is 16.6. The molecule has 176 valence electrons. The zero-order valence-corrected chi connectivity index (χ0v) is 20.1. The van der Waals surface area contributed by atoms with Crippen molar-refractivity contribution in [2.45, 2.75) is 66.2 Å². The Bertz CT molecular complexity index is 1050. The Labute approximate surface area is 195 Å². The molecule has 2 heterocycles. The summed E-state index contributed by atoms with van der Waals surface area (Å²) in [5, 5.41) is 12.1. The Morgan fingerprint density at radius 2 is 1.55 bits per heavy atom. The van der Waals surface area contributed by atoms with E-state index in [0.29, 0.717) is 19.2 Å². The van der Waals surface area contributed by atoms with E-state index in [4.69, 9.17) is 9.68 Å². The van der Waals surface area contributed by atoms with Gasteiger partial charge in [-0.15, -0.1) is 0 Å². The van der Waals surface area contributed by atoms with Crippen LogP contribution in [0.2, 0.25) is 0 Å². The molecule has 0 radical (unpaired) electrons. The molecule has 2 aliphatic rings. The van der Waals surface area contributed by atoms with Crippen LogP contribution in [0.1, 0.15) is 74.7 Å². The molecule has 33 heavy (non-hydrogen) atoms. The fraction of sp³-hybridized carbons (Fsp3) is 0.560. The zero-order chi connectivity index (χ0) is 23.3. The van der Waals surface area contributed by atoms with Gasteiger partial charge in [-0.25, -0.2) is 9.97 Å². The number of fused-ring (bicyclic) bond motifs is 2. The van der Waals surface area contributed by atoms with Gasteiger partial charge in [0, 0.05) is 23.9 Å².